The molecule has 1 aliphatic carbocycles. The topological polar surface area (TPSA) is 113 Å². The van der Waals surface area contributed by atoms with Gasteiger partial charge in [-0.25, -0.2) is 4.39 Å². The zero-order chi connectivity index (χ0) is 31.3. The molecule has 4 N–H and O–H groups in total. The zero-order valence-corrected chi connectivity index (χ0v) is 24.7. The maximum atomic E-state index is 15.6. The average Bonchev–Trinajstić information content (AvgIpc) is 3.49. The molecule has 2 aromatic carbocycles. The predicted octanol–water partition coefficient (Wildman–Crippen LogP) is -1.80. The van der Waals surface area contributed by atoms with Crippen molar-refractivity contribution in [1.82, 2.24) is 4.57 Å². The van der Waals surface area contributed by atoms with Crippen molar-refractivity contribution >= 4 is 61.7 Å². The highest BCUT2D eigenvalue weighted by Gasteiger charge is 2.53. The number of aromatic nitrogens is 1. The van der Waals surface area contributed by atoms with Gasteiger partial charge in [0.1, 0.15) is 45.0 Å². The summed E-state index contributed by atoms with van der Waals surface area (Å²) in [4.78, 5) is 13.5. The fourth-order valence-corrected chi connectivity index (χ4v) is 5.14. The molecule has 1 amide bonds. The van der Waals surface area contributed by atoms with Crippen LogP contribution in [0.3, 0.4) is 0 Å². The van der Waals surface area contributed by atoms with Gasteiger partial charge in [-0.05, 0) is 42.7 Å². The number of fused-ring (bicyclic) bond motifs is 2. The summed E-state index contributed by atoms with van der Waals surface area (Å²) >= 11 is 0. The lowest BCUT2D eigenvalue weighted by molar-refractivity contribution is -0.286. The number of hydrogen-bond acceptors (Lipinski definition) is 6. The number of rotatable bonds is 8. The highest BCUT2D eigenvalue weighted by atomic mass is 19.3. The molecule has 3 aromatic rings. The smallest absolute Gasteiger partial charge is 0.407 e. The van der Waals surface area contributed by atoms with Crippen molar-refractivity contribution in [3.05, 3.63) is 53.5 Å². The Morgan fingerprint density at radius 3 is 2.17 bits per heavy atom. The van der Waals surface area contributed by atoms with E-state index in [1.54, 1.807) is 26.3 Å². The number of halogens is 3. The van der Waals surface area contributed by atoms with Gasteiger partial charge in [0.05, 0.1) is 22.1 Å². The molecule has 5 rings (SSSR count). The van der Waals surface area contributed by atoms with Crippen LogP contribution in [0.4, 0.5) is 18.9 Å². The summed E-state index contributed by atoms with van der Waals surface area (Å²) in [6, 6.07) is 8.70. The molecule has 0 bridgehead atoms. The Morgan fingerprint density at radius 2 is 1.60 bits per heavy atom. The number of aliphatic hydroxyl groups is 3. The van der Waals surface area contributed by atoms with Crippen molar-refractivity contribution in [2.75, 3.05) is 5.32 Å². The number of hydrogen-bond donors (Lipinski definition) is 4. The number of alkyl halides is 2. The van der Waals surface area contributed by atoms with Crippen LogP contribution in [-0.4, -0.2) is 87.6 Å². The number of anilines is 1. The fraction of sp³-hybridized carbons (Fsp3) is 0.423. The predicted molar refractivity (Wildman–Crippen MR) is 165 cm³/mol. The number of carbonyl (C=O) groups is 1. The van der Waals surface area contributed by atoms with Crippen LogP contribution in [0.5, 0.6) is 11.5 Å². The summed E-state index contributed by atoms with van der Waals surface area (Å²) in [6.45, 7) is 3.55. The number of carbonyl (C=O) groups excluding carboxylic acids is 1. The van der Waals surface area contributed by atoms with Crippen molar-refractivity contribution < 1.29 is 42.8 Å². The van der Waals surface area contributed by atoms with Crippen LogP contribution >= 0.6 is 0 Å². The molecule has 1 aromatic heterocycles. The van der Waals surface area contributed by atoms with Crippen molar-refractivity contribution in [2.24, 2.45) is 0 Å². The van der Waals surface area contributed by atoms with Gasteiger partial charge in [0.2, 0.25) is 5.91 Å². The summed E-state index contributed by atoms with van der Waals surface area (Å²) in [5, 5.41) is 33.3. The van der Waals surface area contributed by atoms with Crippen molar-refractivity contribution in [3.63, 3.8) is 0 Å². The second kappa shape index (κ2) is 9.27. The van der Waals surface area contributed by atoms with E-state index in [1.807, 2.05) is 13.8 Å². The lowest BCUT2D eigenvalue weighted by Crippen LogP contribution is -2.59. The van der Waals surface area contributed by atoms with Gasteiger partial charge < -0.3 is 34.7 Å². The highest BCUT2D eigenvalue weighted by Crippen LogP contribution is 2.52. The first-order valence-corrected chi connectivity index (χ1v) is 13.8. The van der Waals surface area contributed by atoms with Gasteiger partial charge in [-0.3, -0.25) is 4.79 Å². The monoisotopic (exact) mass is 580 g/mol. The Kier molecular flexibility index (Phi) is 6.73. The lowest BCUT2D eigenvalue weighted by Gasteiger charge is -2.42. The molecule has 1 atom stereocenters. The molecule has 0 radical (unpaired) electrons. The Labute approximate surface area is 246 Å². The molecule has 2 heterocycles. The third-order valence-electron chi connectivity index (χ3n) is 9.33. The number of amides is 1. The zero-order valence-electron chi connectivity index (χ0n) is 24.7. The standard InChI is InChI=1S/C26H32B5F3N2O6/c1-21(2,24(28,29)39)19-8-12-7-15(14(32)10-16(12)36(19)11-23(27,38)25(30,31)40)35-20(37)22(5-6-22)13-3-4-17-18(9-13)42-26(33,34)41-17/h3-4,7-10,38-40H,5-6,11,27-31H2,1-2H3,(H,35,37). The van der Waals surface area contributed by atoms with E-state index in [2.05, 4.69) is 14.8 Å². The van der Waals surface area contributed by atoms with Gasteiger partial charge in [0.15, 0.2) is 11.5 Å². The second-order valence-corrected chi connectivity index (χ2v) is 13.4. The van der Waals surface area contributed by atoms with Gasteiger partial charge in [0, 0.05) is 39.9 Å². The number of benzene rings is 2. The summed E-state index contributed by atoms with van der Waals surface area (Å²) in [5.74, 6) is -1.52. The van der Waals surface area contributed by atoms with E-state index in [1.165, 1.54) is 53.9 Å². The maximum Gasteiger partial charge on any atom is 0.586 e. The van der Waals surface area contributed by atoms with Gasteiger partial charge in [-0.15, -0.1) is 8.78 Å². The molecule has 1 fully saturated rings. The number of nitrogens with one attached hydrogen (secondary N) is 1. The molecule has 1 aliphatic heterocycles. The number of nitrogens with zero attached hydrogens (tertiary/aromatic N) is 1. The molecular formula is C26H32B5F3N2O6. The van der Waals surface area contributed by atoms with E-state index in [4.69, 9.17) is 0 Å². The molecule has 0 saturated heterocycles. The average molecular weight is 580 g/mol. The summed E-state index contributed by atoms with van der Waals surface area (Å²) < 4.78 is 53.3. The Balaban J connectivity index is 1.52. The lowest BCUT2D eigenvalue weighted by atomic mass is 9.49. The van der Waals surface area contributed by atoms with Crippen LogP contribution < -0.4 is 14.8 Å². The molecular weight excluding hydrogens is 547 g/mol. The third-order valence-corrected chi connectivity index (χ3v) is 9.33. The van der Waals surface area contributed by atoms with Crippen LogP contribution in [0.1, 0.15) is 37.9 Å². The van der Waals surface area contributed by atoms with E-state index >= 15 is 4.39 Å². The van der Waals surface area contributed by atoms with Crippen molar-refractivity contribution in [1.29, 1.82) is 0 Å². The minimum atomic E-state index is -3.78. The molecule has 1 unspecified atom stereocenters. The molecule has 0 spiro atoms. The fourth-order valence-electron chi connectivity index (χ4n) is 5.14. The molecule has 1 saturated carbocycles. The first-order valence-electron chi connectivity index (χ1n) is 13.8. The van der Waals surface area contributed by atoms with E-state index < -0.39 is 45.1 Å². The van der Waals surface area contributed by atoms with Crippen molar-refractivity contribution in [3.8, 4) is 11.5 Å². The molecule has 218 valence electrons. The Morgan fingerprint density at radius 1 is 0.976 bits per heavy atom. The summed E-state index contributed by atoms with van der Waals surface area (Å²) in [7, 11) is 7.75. The highest BCUT2D eigenvalue weighted by molar-refractivity contribution is 6.43. The van der Waals surface area contributed by atoms with Crippen molar-refractivity contribution in [2.45, 2.75) is 66.7 Å². The van der Waals surface area contributed by atoms with Crippen LogP contribution in [0.25, 0.3) is 10.9 Å². The first-order chi connectivity index (χ1) is 19.1. The molecule has 2 aliphatic rings. The normalized spacial score (nSPS) is 19.0. The molecule has 42 heavy (non-hydrogen) atoms. The van der Waals surface area contributed by atoms with Crippen LogP contribution in [0.15, 0.2) is 36.4 Å². The minimum absolute atomic E-state index is 0.0786. The Hall–Kier alpha value is -2.96. The largest absolute Gasteiger partial charge is 0.586 e. The SMILES string of the molecule is BC(B)(O)C(B)(O)Cn1c(C(C)(C)C(B)(B)O)cc2cc(NC(=O)C3(c4ccc5c(c4)OC(F)(F)O5)CC3)c(F)cc21. The van der Waals surface area contributed by atoms with E-state index in [0.717, 1.165) is 0 Å². The van der Waals surface area contributed by atoms with Gasteiger partial charge in [0.25, 0.3) is 0 Å². The van der Waals surface area contributed by atoms with E-state index in [-0.39, 0.29) is 23.7 Å². The third kappa shape index (κ3) is 5.01. The van der Waals surface area contributed by atoms with E-state index in [0.29, 0.717) is 35.0 Å². The quantitative estimate of drug-likeness (QED) is 0.234. The second-order valence-electron chi connectivity index (χ2n) is 13.4. The van der Waals surface area contributed by atoms with E-state index in [9.17, 15) is 28.9 Å². The van der Waals surface area contributed by atoms with Crippen LogP contribution in [0, 0.1) is 5.82 Å². The first kappa shape index (κ1) is 30.5. The Bertz CT molecular complexity index is 1600. The van der Waals surface area contributed by atoms with Gasteiger partial charge in [-0.2, -0.15) is 0 Å². The van der Waals surface area contributed by atoms with Gasteiger partial charge >= 0.3 is 6.29 Å². The molecule has 8 nitrogen and oxygen atoms in total. The number of ether oxygens (including phenoxy) is 2. The molecule has 16 heteroatoms. The maximum absolute atomic E-state index is 15.6. The summed E-state index contributed by atoms with van der Waals surface area (Å²) in [6.07, 6.45) is -2.91. The summed E-state index contributed by atoms with van der Waals surface area (Å²) in [5.41, 5.74) is -2.17. The van der Waals surface area contributed by atoms with Gasteiger partial charge in [-0.1, -0.05) is 19.9 Å². The minimum Gasteiger partial charge on any atom is -0.407 e. The van der Waals surface area contributed by atoms with Crippen LogP contribution in [-0.2, 0) is 22.2 Å². The van der Waals surface area contributed by atoms with Crippen LogP contribution in [0.2, 0.25) is 0 Å².